The third-order valence-electron chi connectivity index (χ3n) is 2.97. The predicted octanol–water partition coefficient (Wildman–Crippen LogP) is 0.624. The van der Waals surface area contributed by atoms with Crippen LogP contribution < -0.4 is 11.1 Å². The molecule has 8 heteroatoms. The molecule has 104 valence electrons. The van der Waals surface area contributed by atoms with Crippen molar-refractivity contribution in [2.75, 3.05) is 17.2 Å². The first-order valence-electron chi connectivity index (χ1n) is 5.81. The number of anilines is 1. The summed E-state index contributed by atoms with van der Waals surface area (Å²) in [4.78, 5) is 15.9. The van der Waals surface area contributed by atoms with Crippen molar-refractivity contribution in [3.05, 3.63) is 22.8 Å². The van der Waals surface area contributed by atoms with E-state index in [4.69, 9.17) is 17.3 Å². The summed E-state index contributed by atoms with van der Waals surface area (Å²) in [7, 11) is -2.94. The second-order valence-corrected chi connectivity index (χ2v) is 7.18. The van der Waals surface area contributed by atoms with Crippen LogP contribution in [0.25, 0.3) is 0 Å². The molecule has 1 fully saturated rings. The molecule has 1 saturated heterocycles. The van der Waals surface area contributed by atoms with Gasteiger partial charge in [0, 0.05) is 6.04 Å². The molecule has 0 saturated carbocycles. The quantitative estimate of drug-likeness (QED) is 0.834. The van der Waals surface area contributed by atoms with Crippen molar-refractivity contribution in [2.24, 2.45) is 0 Å². The number of carbonyl (C=O) groups is 1. The molecule has 19 heavy (non-hydrogen) atoms. The molecule has 1 aliphatic heterocycles. The van der Waals surface area contributed by atoms with Gasteiger partial charge in [0.1, 0.15) is 21.3 Å². The summed E-state index contributed by atoms with van der Waals surface area (Å²) in [5.41, 5.74) is 5.57. The predicted molar refractivity (Wildman–Crippen MR) is 72.8 cm³/mol. The van der Waals surface area contributed by atoms with Crippen molar-refractivity contribution in [3.63, 3.8) is 0 Å². The third-order valence-corrected chi connectivity index (χ3v) is 4.99. The Labute approximate surface area is 116 Å². The first kappa shape index (κ1) is 14.1. The van der Waals surface area contributed by atoms with Crippen molar-refractivity contribution in [1.29, 1.82) is 0 Å². The molecule has 3 N–H and O–H groups in total. The molecule has 1 aromatic rings. The summed E-state index contributed by atoms with van der Waals surface area (Å²) in [6.07, 6.45) is 0.821. The summed E-state index contributed by atoms with van der Waals surface area (Å²) in [5, 5.41) is 2.95. The highest BCUT2D eigenvalue weighted by Crippen LogP contribution is 2.17. The van der Waals surface area contributed by atoms with E-state index < -0.39 is 15.7 Å². The fourth-order valence-electron chi connectivity index (χ4n) is 1.90. The van der Waals surface area contributed by atoms with Gasteiger partial charge < -0.3 is 11.1 Å². The highest BCUT2D eigenvalue weighted by Gasteiger charge is 2.25. The Bertz CT molecular complexity index is 589. The van der Waals surface area contributed by atoms with Crippen LogP contribution in [0.2, 0.25) is 5.02 Å². The molecular weight excluding hydrogens is 290 g/mol. The van der Waals surface area contributed by atoms with Crippen molar-refractivity contribution < 1.29 is 13.2 Å². The highest BCUT2D eigenvalue weighted by atomic mass is 35.5. The number of halogens is 1. The average molecular weight is 304 g/mol. The number of nitrogen functional groups attached to an aromatic ring is 1. The van der Waals surface area contributed by atoms with Crippen molar-refractivity contribution >= 4 is 33.2 Å². The van der Waals surface area contributed by atoms with Gasteiger partial charge in [-0.15, -0.1) is 0 Å². The van der Waals surface area contributed by atoms with Gasteiger partial charge in [0.25, 0.3) is 5.91 Å². The van der Waals surface area contributed by atoms with Crippen LogP contribution in [0.4, 0.5) is 5.82 Å². The summed E-state index contributed by atoms with van der Waals surface area (Å²) in [6, 6.07) is 2.84. The van der Waals surface area contributed by atoms with Crippen LogP contribution in [0.5, 0.6) is 0 Å². The van der Waals surface area contributed by atoms with Crippen LogP contribution in [0.1, 0.15) is 23.3 Å². The second kappa shape index (κ2) is 5.34. The lowest BCUT2D eigenvalue weighted by molar-refractivity contribution is 0.0929. The monoisotopic (exact) mass is 303 g/mol. The standard InChI is InChI=1S/C11H14ClN3O3S/c12-8-1-2-9(13)15-10(8)11(16)14-7-3-5-19(17,18)6-4-7/h1-2,7H,3-6H2,(H2,13,15)(H,14,16). The molecule has 1 amide bonds. The third kappa shape index (κ3) is 3.57. The molecular formula is C11H14ClN3O3S. The number of hydrogen-bond donors (Lipinski definition) is 2. The van der Waals surface area contributed by atoms with Crippen LogP contribution in [0, 0.1) is 0 Å². The van der Waals surface area contributed by atoms with Gasteiger partial charge in [-0.3, -0.25) is 4.79 Å². The SMILES string of the molecule is Nc1ccc(Cl)c(C(=O)NC2CCS(=O)(=O)CC2)n1. The molecule has 0 aliphatic carbocycles. The lowest BCUT2D eigenvalue weighted by Crippen LogP contribution is -2.41. The Morgan fingerprint density at radius 2 is 2.00 bits per heavy atom. The fraction of sp³-hybridized carbons (Fsp3) is 0.455. The van der Waals surface area contributed by atoms with E-state index in [0.717, 1.165) is 0 Å². The van der Waals surface area contributed by atoms with E-state index in [1.807, 2.05) is 0 Å². The summed E-state index contributed by atoms with van der Waals surface area (Å²) in [5.74, 6) is -0.0334. The van der Waals surface area contributed by atoms with E-state index >= 15 is 0 Å². The normalized spacial score (nSPS) is 19.0. The Morgan fingerprint density at radius 3 is 2.63 bits per heavy atom. The minimum atomic E-state index is -2.94. The second-order valence-electron chi connectivity index (χ2n) is 4.47. The zero-order chi connectivity index (χ0) is 14.0. The molecule has 0 aromatic carbocycles. The largest absolute Gasteiger partial charge is 0.384 e. The molecule has 1 aromatic heterocycles. The minimum Gasteiger partial charge on any atom is -0.384 e. The van der Waals surface area contributed by atoms with Crippen LogP contribution in [0.15, 0.2) is 12.1 Å². The number of pyridine rings is 1. The first-order chi connectivity index (χ1) is 8.87. The van der Waals surface area contributed by atoms with Gasteiger partial charge in [0.15, 0.2) is 0 Å². The van der Waals surface area contributed by atoms with Gasteiger partial charge in [-0.25, -0.2) is 13.4 Å². The van der Waals surface area contributed by atoms with E-state index in [1.165, 1.54) is 12.1 Å². The number of rotatable bonds is 2. The molecule has 0 unspecified atom stereocenters. The number of nitrogens with zero attached hydrogens (tertiary/aromatic N) is 1. The van der Waals surface area contributed by atoms with Gasteiger partial charge in [-0.1, -0.05) is 11.6 Å². The highest BCUT2D eigenvalue weighted by molar-refractivity contribution is 7.91. The van der Waals surface area contributed by atoms with E-state index in [2.05, 4.69) is 10.3 Å². The lowest BCUT2D eigenvalue weighted by atomic mass is 10.1. The van der Waals surface area contributed by atoms with Gasteiger partial charge in [-0.2, -0.15) is 0 Å². The molecule has 0 radical (unpaired) electrons. The maximum Gasteiger partial charge on any atom is 0.271 e. The molecule has 6 nitrogen and oxygen atoms in total. The zero-order valence-corrected chi connectivity index (χ0v) is 11.7. The maximum absolute atomic E-state index is 12.0. The number of nitrogens with one attached hydrogen (secondary N) is 1. The molecule has 2 heterocycles. The molecule has 0 atom stereocenters. The molecule has 0 spiro atoms. The number of aromatic nitrogens is 1. The van der Waals surface area contributed by atoms with Crippen LogP contribution in [-0.4, -0.2) is 36.9 Å². The number of hydrogen-bond acceptors (Lipinski definition) is 5. The number of amides is 1. The molecule has 2 rings (SSSR count). The maximum atomic E-state index is 12.0. The topological polar surface area (TPSA) is 102 Å². The number of carbonyl (C=O) groups excluding carboxylic acids is 1. The summed E-state index contributed by atoms with van der Waals surface area (Å²) >= 11 is 5.88. The van der Waals surface area contributed by atoms with E-state index in [1.54, 1.807) is 0 Å². The smallest absolute Gasteiger partial charge is 0.271 e. The van der Waals surface area contributed by atoms with E-state index in [9.17, 15) is 13.2 Å². The van der Waals surface area contributed by atoms with Crippen LogP contribution in [-0.2, 0) is 9.84 Å². The molecule has 1 aliphatic rings. The van der Waals surface area contributed by atoms with Crippen LogP contribution in [0.3, 0.4) is 0 Å². The first-order valence-corrected chi connectivity index (χ1v) is 8.00. The lowest BCUT2D eigenvalue weighted by Gasteiger charge is -2.23. The van der Waals surface area contributed by atoms with Crippen LogP contribution >= 0.6 is 11.6 Å². The number of nitrogens with two attached hydrogens (primary N) is 1. The minimum absolute atomic E-state index is 0.0649. The van der Waals surface area contributed by atoms with Gasteiger partial charge in [0.05, 0.1) is 16.5 Å². The Hall–Kier alpha value is -1.34. The van der Waals surface area contributed by atoms with E-state index in [-0.39, 0.29) is 34.1 Å². The Kier molecular flexibility index (Phi) is 3.96. The Morgan fingerprint density at radius 1 is 1.37 bits per heavy atom. The average Bonchev–Trinajstić information content (AvgIpc) is 2.35. The van der Waals surface area contributed by atoms with Crippen molar-refractivity contribution in [1.82, 2.24) is 10.3 Å². The fourth-order valence-corrected chi connectivity index (χ4v) is 3.59. The van der Waals surface area contributed by atoms with Gasteiger partial charge in [0.2, 0.25) is 0 Å². The van der Waals surface area contributed by atoms with Crippen molar-refractivity contribution in [3.8, 4) is 0 Å². The van der Waals surface area contributed by atoms with Gasteiger partial charge >= 0.3 is 0 Å². The van der Waals surface area contributed by atoms with Gasteiger partial charge in [-0.05, 0) is 25.0 Å². The van der Waals surface area contributed by atoms with E-state index in [0.29, 0.717) is 12.8 Å². The Balaban J connectivity index is 2.04. The zero-order valence-electron chi connectivity index (χ0n) is 10.1. The molecule has 0 bridgehead atoms. The number of sulfone groups is 1. The van der Waals surface area contributed by atoms with Crippen molar-refractivity contribution in [2.45, 2.75) is 18.9 Å². The summed E-state index contributed by atoms with van der Waals surface area (Å²) < 4.78 is 22.6. The summed E-state index contributed by atoms with van der Waals surface area (Å²) in [6.45, 7) is 0.